The van der Waals surface area contributed by atoms with Gasteiger partial charge in [-0.25, -0.2) is 4.79 Å². The lowest BCUT2D eigenvalue weighted by Gasteiger charge is -2.12. The van der Waals surface area contributed by atoms with E-state index in [2.05, 4.69) is 16.0 Å². The van der Waals surface area contributed by atoms with Gasteiger partial charge in [0.2, 0.25) is 0 Å². The van der Waals surface area contributed by atoms with Crippen LogP contribution in [0.15, 0.2) is 18.2 Å². The molecule has 0 unspecified atom stereocenters. The van der Waals surface area contributed by atoms with Gasteiger partial charge in [-0.3, -0.25) is 0 Å². The van der Waals surface area contributed by atoms with Gasteiger partial charge in [0.05, 0.1) is 10.7 Å². The van der Waals surface area contributed by atoms with E-state index in [1.165, 1.54) is 12.8 Å². The smallest absolute Gasteiger partial charge is 0.319 e. The molecule has 1 fully saturated rings. The molecule has 0 aromatic heterocycles. The molecule has 0 saturated carbocycles. The minimum absolute atomic E-state index is 0.262. The number of nitrogens with one attached hydrogen (secondary N) is 3. The predicted molar refractivity (Wildman–Crippen MR) is 79.1 cm³/mol. The Balaban J connectivity index is 1.75. The van der Waals surface area contributed by atoms with Crippen LogP contribution in [0.25, 0.3) is 0 Å². The summed E-state index contributed by atoms with van der Waals surface area (Å²) >= 11 is 11.8. The summed E-state index contributed by atoms with van der Waals surface area (Å²) in [5, 5.41) is 9.90. The van der Waals surface area contributed by atoms with Crippen molar-refractivity contribution < 1.29 is 4.79 Å². The summed E-state index contributed by atoms with van der Waals surface area (Å²) in [6.07, 6.45) is 3.34. The molecule has 4 nitrogen and oxygen atoms in total. The highest BCUT2D eigenvalue weighted by atomic mass is 35.5. The second-order valence-corrected chi connectivity index (χ2v) is 5.43. The lowest BCUT2D eigenvalue weighted by molar-refractivity contribution is 0.251. The summed E-state index contributed by atoms with van der Waals surface area (Å²) < 4.78 is 0. The average Bonchev–Trinajstić information content (AvgIpc) is 2.87. The van der Waals surface area contributed by atoms with Crippen molar-refractivity contribution in [3.63, 3.8) is 0 Å². The quantitative estimate of drug-likeness (QED) is 0.799. The van der Waals surface area contributed by atoms with Crippen LogP contribution in [0.4, 0.5) is 10.5 Å². The molecule has 1 heterocycles. The third-order valence-electron chi connectivity index (χ3n) is 3.12. The van der Waals surface area contributed by atoms with Gasteiger partial charge in [0, 0.05) is 17.6 Å². The number of anilines is 1. The van der Waals surface area contributed by atoms with Gasteiger partial charge in [-0.15, -0.1) is 0 Å². The molecule has 1 aromatic carbocycles. The third kappa shape index (κ3) is 4.56. The maximum atomic E-state index is 11.7. The first kappa shape index (κ1) is 14.4. The lowest BCUT2D eigenvalue weighted by atomic mass is 10.1. The van der Waals surface area contributed by atoms with Crippen LogP contribution < -0.4 is 16.0 Å². The fourth-order valence-electron chi connectivity index (χ4n) is 2.12. The second kappa shape index (κ2) is 6.98. The topological polar surface area (TPSA) is 53.2 Å². The molecule has 1 saturated heterocycles. The molecule has 104 valence electrons. The Kier molecular flexibility index (Phi) is 5.31. The molecule has 2 amide bonds. The van der Waals surface area contributed by atoms with E-state index < -0.39 is 0 Å². The number of benzene rings is 1. The minimum Gasteiger partial charge on any atom is -0.338 e. The van der Waals surface area contributed by atoms with Crippen LogP contribution in [0.2, 0.25) is 10.0 Å². The summed E-state index contributed by atoms with van der Waals surface area (Å²) in [5.74, 6) is 0. The zero-order valence-corrected chi connectivity index (χ0v) is 12.0. The summed E-state index contributed by atoms with van der Waals surface area (Å²) in [5.41, 5.74) is 0.519. The van der Waals surface area contributed by atoms with Gasteiger partial charge in [-0.2, -0.15) is 0 Å². The Morgan fingerprint density at radius 2 is 2.26 bits per heavy atom. The number of hydrogen-bond acceptors (Lipinski definition) is 2. The number of halogens is 2. The van der Waals surface area contributed by atoms with E-state index in [1.807, 2.05) is 0 Å². The second-order valence-electron chi connectivity index (χ2n) is 4.59. The van der Waals surface area contributed by atoms with Crippen molar-refractivity contribution >= 4 is 34.9 Å². The largest absolute Gasteiger partial charge is 0.338 e. The highest BCUT2D eigenvalue weighted by molar-refractivity contribution is 6.35. The van der Waals surface area contributed by atoms with Crippen molar-refractivity contribution in [2.24, 2.45) is 0 Å². The number of hydrogen-bond donors (Lipinski definition) is 3. The van der Waals surface area contributed by atoms with Crippen LogP contribution in [0.5, 0.6) is 0 Å². The summed E-state index contributed by atoms with van der Waals surface area (Å²) in [6.45, 7) is 1.72. The summed E-state index contributed by atoms with van der Waals surface area (Å²) in [6, 6.07) is 5.22. The van der Waals surface area contributed by atoms with Gasteiger partial charge in [0.1, 0.15) is 0 Å². The average molecular weight is 302 g/mol. The molecule has 0 spiro atoms. The van der Waals surface area contributed by atoms with Gasteiger partial charge in [-0.05, 0) is 44.0 Å². The summed E-state index contributed by atoms with van der Waals surface area (Å²) in [4.78, 5) is 11.7. The molecule has 0 aliphatic carbocycles. The number of urea groups is 1. The molecule has 19 heavy (non-hydrogen) atoms. The SMILES string of the molecule is O=C(NCC[C@@H]1CCCN1)Nc1cc(Cl)ccc1Cl. The summed E-state index contributed by atoms with van der Waals surface area (Å²) in [7, 11) is 0. The van der Waals surface area contributed by atoms with Crippen LogP contribution in [-0.4, -0.2) is 25.2 Å². The molecule has 1 aliphatic rings. The van der Waals surface area contributed by atoms with Crippen molar-refractivity contribution in [2.75, 3.05) is 18.4 Å². The van der Waals surface area contributed by atoms with Crippen LogP contribution in [0.1, 0.15) is 19.3 Å². The maximum absolute atomic E-state index is 11.7. The monoisotopic (exact) mass is 301 g/mol. The minimum atomic E-state index is -0.262. The van der Waals surface area contributed by atoms with Gasteiger partial charge >= 0.3 is 6.03 Å². The maximum Gasteiger partial charge on any atom is 0.319 e. The highest BCUT2D eigenvalue weighted by Gasteiger charge is 2.13. The van der Waals surface area contributed by atoms with Crippen molar-refractivity contribution in [3.8, 4) is 0 Å². The Bertz CT molecular complexity index is 448. The van der Waals surface area contributed by atoms with E-state index >= 15 is 0 Å². The number of carbonyl (C=O) groups is 1. The molecule has 3 N–H and O–H groups in total. The van der Waals surface area contributed by atoms with E-state index in [9.17, 15) is 4.79 Å². The zero-order valence-electron chi connectivity index (χ0n) is 10.5. The molecule has 6 heteroatoms. The zero-order chi connectivity index (χ0) is 13.7. The molecule has 0 bridgehead atoms. The molecule has 0 radical (unpaired) electrons. The van der Waals surface area contributed by atoms with E-state index in [-0.39, 0.29) is 6.03 Å². The fraction of sp³-hybridized carbons (Fsp3) is 0.462. The number of amides is 2. The standard InChI is InChI=1S/C13H17Cl2N3O/c14-9-3-4-11(15)12(8-9)18-13(19)17-7-5-10-2-1-6-16-10/h3-4,8,10,16H,1-2,5-7H2,(H2,17,18,19)/t10-/m0/s1. The highest BCUT2D eigenvalue weighted by Crippen LogP contribution is 2.25. The van der Waals surface area contributed by atoms with Crippen LogP contribution in [0.3, 0.4) is 0 Å². The Morgan fingerprint density at radius 3 is 3.00 bits per heavy atom. The van der Waals surface area contributed by atoms with E-state index in [0.717, 1.165) is 13.0 Å². The Labute approximate surface area is 122 Å². The first-order valence-electron chi connectivity index (χ1n) is 6.38. The number of rotatable bonds is 4. The third-order valence-corrected chi connectivity index (χ3v) is 3.68. The van der Waals surface area contributed by atoms with Crippen LogP contribution in [0, 0.1) is 0 Å². The molecule has 1 aliphatic heterocycles. The fourth-order valence-corrected chi connectivity index (χ4v) is 2.46. The van der Waals surface area contributed by atoms with Crippen molar-refractivity contribution in [1.29, 1.82) is 0 Å². The van der Waals surface area contributed by atoms with Gasteiger partial charge in [0.15, 0.2) is 0 Å². The van der Waals surface area contributed by atoms with Gasteiger partial charge < -0.3 is 16.0 Å². The van der Waals surface area contributed by atoms with Crippen LogP contribution >= 0.6 is 23.2 Å². The van der Waals surface area contributed by atoms with Crippen molar-refractivity contribution in [2.45, 2.75) is 25.3 Å². The van der Waals surface area contributed by atoms with Crippen molar-refractivity contribution in [3.05, 3.63) is 28.2 Å². The lowest BCUT2D eigenvalue weighted by Crippen LogP contribution is -2.33. The van der Waals surface area contributed by atoms with Crippen LogP contribution in [-0.2, 0) is 0 Å². The van der Waals surface area contributed by atoms with Gasteiger partial charge in [0.25, 0.3) is 0 Å². The Hall–Kier alpha value is -0.970. The first-order chi connectivity index (χ1) is 9.15. The molecular weight excluding hydrogens is 285 g/mol. The number of carbonyl (C=O) groups excluding carboxylic acids is 1. The first-order valence-corrected chi connectivity index (χ1v) is 7.14. The molecule has 2 rings (SSSR count). The molecular formula is C13H17Cl2N3O. The van der Waals surface area contributed by atoms with Gasteiger partial charge in [-0.1, -0.05) is 23.2 Å². The Morgan fingerprint density at radius 1 is 1.42 bits per heavy atom. The van der Waals surface area contributed by atoms with Crippen molar-refractivity contribution in [1.82, 2.24) is 10.6 Å². The molecule has 1 aromatic rings. The van der Waals surface area contributed by atoms with E-state index in [1.54, 1.807) is 18.2 Å². The van der Waals surface area contributed by atoms with E-state index in [0.29, 0.717) is 28.3 Å². The van der Waals surface area contributed by atoms with E-state index in [4.69, 9.17) is 23.2 Å². The molecule has 1 atom stereocenters. The predicted octanol–water partition coefficient (Wildman–Crippen LogP) is 3.26. The normalized spacial score (nSPS) is 18.3.